The lowest BCUT2D eigenvalue weighted by molar-refractivity contribution is -0.155. The van der Waals surface area contributed by atoms with Crippen LogP contribution >= 0.6 is 0 Å². The van der Waals surface area contributed by atoms with E-state index in [0.717, 1.165) is 12.8 Å². The number of nitrogens with zero attached hydrogens (tertiary/aromatic N) is 1. The lowest BCUT2D eigenvalue weighted by Gasteiger charge is -2.33. The molecule has 0 amide bonds. The fourth-order valence-corrected chi connectivity index (χ4v) is 4.16. The monoisotopic (exact) mass is 369 g/mol. The average Bonchev–Trinajstić information content (AvgIpc) is 2.90. The molecule has 0 saturated carbocycles. The normalized spacial score (nSPS) is 24.8. The predicted molar refractivity (Wildman–Crippen MR) is 103 cm³/mol. The standard InChI is InChI=1S/C14H12O3.C8H15NO/c15-13(16)14(17,11-7-3-1-4-8-11)12-9-5-2-6-10-12;1-9-6-2-3-7(9)5-8(10)4-6/h1-10,17H,(H,15,16);6-8,10H,2-5H2,1H3/t;6-,7+,8?. The Morgan fingerprint density at radius 1 is 0.926 bits per heavy atom. The summed E-state index contributed by atoms with van der Waals surface area (Å²) in [5.74, 6) is -1.28. The van der Waals surface area contributed by atoms with Gasteiger partial charge in [0.05, 0.1) is 6.10 Å². The Morgan fingerprint density at radius 2 is 1.33 bits per heavy atom. The van der Waals surface area contributed by atoms with Crippen LogP contribution in [0, 0.1) is 0 Å². The molecule has 4 rings (SSSR count). The minimum Gasteiger partial charge on any atom is -0.479 e. The van der Waals surface area contributed by atoms with Gasteiger partial charge in [0.2, 0.25) is 5.60 Å². The summed E-state index contributed by atoms with van der Waals surface area (Å²) in [6, 6.07) is 18.1. The van der Waals surface area contributed by atoms with Gasteiger partial charge >= 0.3 is 5.97 Å². The van der Waals surface area contributed by atoms with Gasteiger partial charge in [0.25, 0.3) is 0 Å². The van der Waals surface area contributed by atoms with Crippen LogP contribution in [-0.4, -0.2) is 51.4 Å². The van der Waals surface area contributed by atoms with Crippen LogP contribution in [0.4, 0.5) is 0 Å². The van der Waals surface area contributed by atoms with Crippen molar-refractivity contribution in [3.05, 3.63) is 71.8 Å². The van der Waals surface area contributed by atoms with E-state index in [9.17, 15) is 20.1 Å². The predicted octanol–water partition coefficient (Wildman–Crippen LogP) is 2.61. The fraction of sp³-hybridized carbons (Fsp3) is 0.409. The van der Waals surface area contributed by atoms with Gasteiger partial charge in [0.15, 0.2) is 0 Å². The lowest BCUT2D eigenvalue weighted by atomic mass is 9.86. The van der Waals surface area contributed by atoms with Gasteiger partial charge in [-0.1, -0.05) is 60.7 Å². The second-order valence-electron chi connectivity index (χ2n) is 7.42. The summed E-state index contributed by atoms with van der Waals surface area (Å²) >= 11 is 0. The van der Waals surface area contributed by atoms with Crippen molar-refractivity contribution in [2.45, 2.75) is 49.5 Å². The largest absolute Gasteiger partial charge is 0.479 e. The molecule has 3 atom stereocenters. The van der Waals surface area contributed by atoms with Gasteiger partial charge < -0.3 is 20.2 Å². The highest BCUT2D eigenvalue weighted by atomic mass is 16.4. The van der Waals surface area contributed by atoms with Crippen molar-refractivity contribution in [2.75, 3.05) is 7.05 Å². The smallest absolute Gasteiger partial charge is 0.345 e. The number of carboxylic acid groups (broad SMARTS) is 1. The van der Waals surface area contributed by atoms with Crippen molar-refractivity contribution < 1.29 is 20.1 Å². The molecule has 27 heavy (non-hydrogen) atoms. The van der Waals surface area contributed by atoms with Gasteiger partial charge in [0, 0.05) is 12.1 Å². The minimum atomic E-state index is -2.00. The number of carbonyl (C=O) groups is 1. The Balaban J connectivity index is 0.000000177. The summed E-state index contributed by atoms with van der Waals surface area (Å²) in [4.78, 5) is 13.8. The molecular weight excluding hydrogens is 342 g/mol. The van der Waals surface area contributed by atoms with Gasteiger partial charge in [0.1, 0.15) is 0 Å². The van der Waals surface area contributed by atoms with Crippen molar-refractivity contribution in [3.63, 3.8) is 0 Å². The maximum Gasteiger partial charge on any atom is 0.345 e. The third kappa shape index (κ3) is 4.05. The maximum absolute atomic E-state index is 11.4. The molecule has 0 radical (unpaired) electrons. The van der Waals surface area contributed by atoms with Crippen LogP contribution in [0.3, 0.4) is 0 Å². The van der Waals surface area contributed by atoms with Gasteiger partial charge in [-0.3, -0.25) is 0 Å². The molecule has 2 aliphatic rings. The van der Waals surface area contributed by atoms with Crippen LogP contribution in [0.15, 0.2) is 60.7 Å². The molecule has 2 bridgehead atoms. The zero-order chi connectivity index (χ0) is 19.4. The van der Waals surface area contributed by atoms with Crippen LogP contribution < -0.4 is 0 Å². The quantitative estimate of drug-likeness (QED) is 0.775. The van der Waals surface area contributed by atoms with E-state index in [1.54, 1.807) is 60.7 Å². The summed E-state index contributed by atoms with van der Waals surface area (Å²) in [6.45, 7) is 0. The van der Waals surface area contributed by atoms with E-state index < -0.39 is 11.6 Å². The number of aliphatic carboxylic acids is 1. The zero-order valence-corrected chi connectivity index (χ0v) is 15.5. The Morgan fingerprint density at radius 3 is 1.70 bits per heavy atom. The highest BCUT2D eigenvalue weighted by molar-refractivity contribution is 5.83. The maximum atomic E-state index is 11.4. The zero-order valence-electron chi connectivity index (χ0n) is 15.5. The van der Waals surface area contributed by atoms with Gasteiger partial charge in [-0.15, -0.1) is 0 Å². The summed E-state index contributed by atoms with van der Waals surface area (Å²) in [5, 5.41) is 29.1. The summed E-state index contributed by atoms with van der Waals surface area (Å²) in [5.41, 5.74) is -1.31. The number of piperidine rings is 1. The molecule has 2 aromatic carbocycles. The molecule has 2 aromatic rings. The minimum absolute atomic E-state index is 0.00583. The molecule has 144 valence electrons. The van der Waals surface area contributed by atoms with Crippen molar-refractivity contribution in [1.29, 1.82) is 0 Å². The SMILES string of the molecule is CN1[C@@H]2CC[C@H]1CC(O)C2.O=C(O)C(O)(c1ccccc1)c1ccccc1. The average molecular weight is 369 g/mol. The van der Waals surface area contributed by atoms with E-state index in [2.05, 4.69) is 11.9 Å². The second-order valence-corrected chi connectivity index (χ2v) is 7.42. The number of aliphatic hydroxyl groups excluding tert-OH is 1. The topological polar surface area (TPSA) is 81.0 Å². The number of hydrogen-bond donors (Lipinski definition) is 3. The third-order valence-corrected chi connectivity index (χ3v) is 5.77. The first-order valence-corrected chi connectivity index (χ1v) is 9.39. The molecule has 0 aromatic heterocycles. The molecule has 3 N–H and O–H groups in total. The summed E-state index contributed by atoms with van der Waals surface area (Å²) in [7, 11) is 2.19. The molecular formula is C22H27NO4. The molecule has 2 fully saturated rings. The summed E-state index contributed by atoms with van der Waals surface area (Å²) < 4.78 is 0. The third-order valence-electron chi connectivity index (χ3n) is 5.77. The van der Waals surface area contributed by atoms with E-state index in [4.69, 9.17) is 0 Å². The molecule has 1 unspecified atom stereocenters. The second kappa shape index (κ2) is 8.21. The van der Waals surface area contributed by atoms with E-state index in [0.29, 0.717) is 23.2 Å². The molecule has 0 aliphatic carbocycles. The number of benzene rings is 2. The molecule has 5 nitrogen and oxygen atoms in total. The van der Waals surface area contributed by atoms with Crippen molar-refractivity contribution >= 4 is 5.97 Å². The van der Waals surface area contributed by atoms with Crippen LogP contribution in [0.1, 0.15) is 36.8 Å². The Kier molecular flexibility index (Phi) is 5.95. The summed E-state index contributed by atoms with van der Waals surface area (Å²) in [6.07, 6.45) is 4.62. The molecule has 2 heterocycles. The number of aliphatic hydroxyl groups is 2. The van der Waals surface area contributed by atoms with Gasteiger partial charge in [-0.05, 0) is 43.9 Å². The van der Waals surface area contributed by atoms with E-state index in [-0.39, 0.29) is 6.10 Å². The number of hydrogen-bond acceptors (Lipinski definition) is 4. The first-order chi connectivity index (χ1) is 12.9. The van der Waals surface area contributed by atoms with E-state index >= 15 is 0 Å². The number of carboxylic acids is 1. The van der Waals surface area contributed by atoms with E-state index in [1.165, 1.54) is 12.8 Å². The first-order valence-electron chi connectivity index (χ1n) is 9.39. The van der Waals surface area contributed by atoms with E-state index in [1.807, 2.05) is 0 Å². The van der Waals surface area contributed by atoms with Crippen LogP contribution in [0.2, 0.25) is 0 Å². The Labute approximate surface area is 159 Å². The molecule has 2 aliphatic heterocycles. The van der Waals surface area contributed by atoms with Crippen LogP contribution in [0.5, 0.6) is 0 Å². The highest BCUT2D eigenvalue weighted by Crippen LogP contribution is 2.34. The molecule has 2 saturated heterocycles. The van der Waals surface area contributed by atoms with Crippen molar-refractivity contribution in [3.8, 4) is 0 Å². The Bertz CT molecular complexity index is 696. The number of fused-ring (bicyclic) bond motifs is 2. The molecule has 5 heteroatoms. The van der Waals surface area contributed by atoms with Crippen molar-refractivity contribution in [1.82, 2.24) is 4.90 Å². The highest BCUT2D eigenvalue weighted by Gasteiger charge is 2.40. The van der Waals surface area contributed by atoms with Gasteiger partial charge in [-0.2, -0.15) is 0 Å². The Hall–Kier alpha value is -2.21. The van der Waals surface area contributed by atoms with Gasteiger partial charge in [-0.25, -0.2) is 4.79 Å². The van der Waals surface area contributed by atoms with Crippen LogP contribution in [0.25, 0.3) is 0 Å². The molecule has 0 spiro atoms. The number of rotatable bonds is 3. The van der Waals surface area contributed by atoms with Crippen molar-refractivity contribution in [2.24, 2.45) is 0 Å². The lowest BCUT2D eigenvalue weighted by Crippen LogP contribution is -2.41. The fourth-order valence-electron chi connectivity index (χ4n) is 4.16. The first kappa shape index (κ1) is 19.5. The van der Waals surface area contributed by atoms with Crippen LogP contribution in [-0.2, 0) is 10.4 Å².